The van der Waals surface area contributed by atoms with E-state index in [1.807, 2.05) is 45.3 Å². The number of anilines is 1. The van der Waals surface area contributed by atoms with E-state index in [9.17, 15) is 0 Å². The van der Waals surface area contributed by atoms with E-state index in [1.54, 1.807) is 0 Å². The number of pyridine rings is 1. The van der Waals surface area contributed by atoms with Crippen LogP contribution in [0.2, 0.25) is 0 Å². The second-order valence-electron chi connectivity index (χ2n) is 4.71. The van der Waals surface area contributed by atoms with Gasteiger partial charge in [0.25, 0.3) is 0 Å². The summed E-state index contributed by atoms with van der Waals surface area (Å²) in [5.41, 5.74) is 8.59. The van der Waals surface area contributed by atoms with Crippen LogP contribution in [0.3, 0.4) is 0 Å². The van der Waals surface area contributed by atoms with Gasteiger partial charge in [-0.15, -0.1) is 0 Å². The smallest absolute Gasteiger partial charge is 0.214 e. The Hall–Kier alpha value is -1.81. The average Bonchev–Trinajstić information content (AvgIpc) is 2.30. The van der Waals surface area contributed by atoms with E-state index >= 15 is 0 Å². The molecule has 2 aromatic rings. The number of ether oxygens (including phenoxy) is 1. The first-order chi connectivity index (χ1) is 8.56. The van der Waals surface area contributed by atoms with Crippen molar-refractivity contribution in [3.05, 3.63) is 29.8 Å². The van der Waals surface area contributed by atoms with Crippen LogP contribution < -0.4 is 10.5 Å². The lowest BCUT2D eigenvalue weighted by atomic mass is 10.1. The zero-order chi connectivity index (χ0) is 13.1. The summed E-state index contributed by atoms with van der Waals surface area (Å²) in [6, 6.07) is 7.69. The zero-order valence-electron chi connectivity index (χ0n) is 11.1. The summed E-state index contributed by atoms with van der Waals surface area (Å²) in [4.78, 5) is 6.56. The highest BCUT2D eigenvalue weighted by atomic mass is 16.5. The van der Waals surface area contributed by atoms with Crippen molar-refractivity contribution >= 4 is 16.6 Å². The maximum Gasteiger partial charge on any atom is 0.214 e. The van der Waals surface area contributed by atoms with Gasteiger partial charge in [0.2, 0.25) is 5.88 Å². The lowest BCUT2D eigenvalue weighted by Crippen LogP contribution is -2.19. The van der Waals surface area contributed by atoms with Gasteiger partial charge in [0.1, 0.15) is 6.61 Å². The molecule has 1 heterocycles. The SMILES string of the molecule is Cc1cc(OCCN(C)C)nc2ccc(N)cc12. The van der Waals surface area contributed by atoms with Gasteiger partial charge in [-0.25, -0.2) is 4.98 Å². The third kappa shape index (κ3) is 2.90. The van der Waals surface area contributed by atoms with Crippen molar-refractivity contribution in [3.63, 3.8) is 0 Å². The maximum atomic E-state index is 5.78. The van der Waals surface area contributed by atoms with Crippen LogP contribution in [0.1, 0.15) is 5.56 Å². The van der Waals surface area contributed by atoms with Gasteiger partial charge in [0.15, 0.2) is 0 Å². The fourth-order valence-corrected chi connectivity index (χ4v) is 1.79. The van der Waals surface area contributed by atoms with Crippen LogP contribution in [-0.4, -0.2) is 37.1 Å². The van der Waals surface area contributed by atoms with Crippen LogP contribution in [0.15, 0.2) is 24.3 Å². The predicted octanol–water partition coefficient (Wildman–Crippen LogP) is 2.07. The molecule has 0 radical (unpaired) electrons. The van der Waals surface area contributed by atoms with Crippen LogP contribution in [0, 0.1) is 6.92 Å². The van der Waals surface area contributed by atoms with E-state index in [1.165, 1.54) is 0 Å². The first-order valence-corrected chi connectivity index (χ1v) is 6.00. The van der Waals surface area contributed by atoms with Crippen molar-refractivity contribution in [1.82, 2.24) is 9.88 Å². The van der Waals surface area contributed by atoms with Gasteiger partial charge < -0.3 is 15.4 Å². The van der Waals surface area contributed by atoms with Gasteiger partial charge in [-0.3, -0.25) is 0 Å². The molecule has 4 nitrogen and oxygen atoms in total. The molecule has 0 saturated heterocycles. The van der Waals surface area contributed by atoms with Gasteiger partial charge >= 0.3 is 0 Å². The minimum absolute atomic E-state index is 0.639. The number of aromatic nitrogens is 1. The van der Waals surface area contributed by atoms with Crippen molar-refractivity contribution in [2.45, 2.75) is 6.92 Å². The van der Waals surface area contributed by atoms with E-state index in [4.69, 9.17) is 10.5 Å². The Bertz CT molecular complexity index is 552. The normalized spacial score (nSPS) is 11.1. The molecule has 0 unspecified atom stereocenters. The van der Waals surface area contributed by atoms with Crippen molar-refractivity contribution in [3.8, 4) is 5.88 Å². The zero-order valence-corrected chi connectivity index (χ0v) is 11.1. The molecule has 1 aromatic heterocycles. The Kier molecular flexibility index (Phi) is 3.67. The third-order valence-corrected chi connectivity index (χ3v) is 2.80. The summed E-state index contributed by atoms with van der Waals surface area (Å²) in [6.07, 6.45) is 0. The molecule has 2 N–H and O–H groups in total. The predicted molar refractivity (Wildman–Crippen MR) is 74.9 cm³/mol. The van der Waals surface area contributed by atoms with Crippen LogP contribution >= 0.6 is 0 Å². The molecule has 0 aliphatic rings. The molecule has 0 amide bonds. The molecule has 96 valence electrons. The fourth-order valence-electron chi connectivity index (χ4n) is 1.79. The van der Waals surface area contributed by atoms with E-state index in [0.717, 1.165) is 28.7 Å². The summed E-state index contributed by atoms with van der Waals surface area (Å²) in [5.74, 6) is 0.673. The largest absolute Gasteiger partial charge is 0.476 e. The molecule has 0 saturated carbocycles. The monoisotopic (exact) mass is 245 g/mol. The van der Waals surface area contributed by atoms with Crippen molar-refractivity contribution in [2.75, 3.05) is 33.0 Å². The highest BCUT2D eigenvalue weighted by Gasteiger charge is 2.04. The van der Waals surface area contributed by atoms with Gasteiger partial charge in [0.05, 0.1) is 5.52 Å². The number of rotatable bonds is 4. The highest BCUT2D eigenvalue weighted by molar-refractivity contribution is 5.85. The van der Waals surface area contributed by atoms with E-state index in [2.05, 4.69) is 9.88 Å². The number of aryl methyl sites for hydroxylation is 1. The molecule has 0 atom stereocenters. The molecule has 1 aromatic carbocycles. The topological polar surface area (TPSA) is 51.4 Å². The summed E-state index contributed by atoms with van der Waals surface area (Å²) < 4.78 is 5.65. The minimum Gasteiger partial charge on any atom is -0.476 e. The molecule has 0 bridgehead atoms. The molecule has 18 heavy (non-hydrogen) atoms. The molecule has 2 rings (SSSR count). The Morgan fingerprint density at radius 2 is 2.06 bits per heavy atom. The first-order valence-electron chi connectivity index (χ1n) is 6.00. The molecule has 4 heteroatoms. The summed E-state index contributed by atoms with van der Waals surface area (Å²) in [7, 11) is 4.04. The maximum absolute atomic E-state index is 5.78. The van der Waals surface area contributed by atoms with Gasteiger partial charge in [-0.1, -0.05) is 0 Å². The minimum atomic E-state index is 0.639. The summed E-state index contributed by atoms with van der Waals surface area (Å²) in [5, 5.41) is 1.08. The number of likely N-dealkylation sites (N-methyl/N-ethyl adjacent to an activating group) is 1. The van der Waals surface area contributed by atoms with Gasteiger partial charge in [-0.2, -0.15) is 0 Å². The van der Waals surface area contributed by atoms with E-state index < -0.39 is 0 Å². The quantitative estimate of drug-likeness (QED) is 0.838. The Morgan fingerprint density at radius 1 is 1.28 bits per heavy atom. The standard InChI is InChI=1S/C14H19N3O/c1-10-8-14(18-7-6-17(2)3)16-13-5-4-11(15)9-12(10)13/h4-5,8-9H,6-7,15H2,1-3H3. The van der Waals surface area contributed by atoms with Crippen molar-refractivity contribution in [2.24, 2.45) is 0 Å². The van der Waals surface area contributed by atoms with Crippen LogP contribution in [-0.2, 0) is 0 Å². The molecular weight excluding hydrogens is 226 g/mol. The van der Waals surface area contributed by atoms with Gasteiger partial charge in [-0.05, 0) is 44.8 Å². The number of nitrogens with two attached hydrogens (primary N) is 1. The number of benzene rings is 1. The van der Waals surface area contributed by atoms with Crippen LogP contribution in [0.4, 0.5) is 5.69 Å². The Balaban J connectivity index is 2.23. The molecule has 0 spiro atoms. The molecule has 0 fully saturated rings. The Morgan fingerprint density at radius 3 is 2.78 bits per heavy atom. The average molecular weight is 245 g/mol. The first kappa shape index (κ1) is 12.6. The number of nitrogens with zero attached hydrogens (tertiary/aromatic N) is 2. The fraction of sp³-hybridized carbons (Fsp3) is 0.357. The number of nitrogen functional groups attached to an aromatic ring is 1. The number of hydrogen-bond acceptors (Lipinski definition) is 4. The van der Waals surface area contributed by atoms with Crippen molar-refractivity contribution in [1.29, 1.82) is 0 Å². The van der Waals surface area contributed by atoms with E-state index in [-0.39, 0.29) is 0 Å². The Labute approximate surface area is 107 Å². The van der Waals surface area contributed by atoms with Crippen LogP contribution in [0.25, 0.3) is 10.9 Å². The van der Waals surface area contributed by atoms with Gasteiger partial charge in [0, 0.05) is 23.7 Å². The molecular formula is C14H19N3O. The molecule has 0 aliphatic heterocycles. The third-order valence-electron chi connectivity index (χ3n) is 2.80. The number of hydrogen-bond donors (Lipinski definition) is 1. The second-order valence-corrected chi connectivity index (χ2v) is 4.71. The highest BCUT2D eigenvalue weighted by Crippen LogP contribution is 2.23. The van der Waals surface area contributed by atoms with E-state index in [0.29, 0.717) is 12.5 Å². The van der Waals surface area contributed by atoms with Crippen LogP contribution in [0.5, 0.6) is 5.88 Å². The summed E-state index contributed by atoms with van der Waals surface area (Å²) in [6.45, 7) is 3.56. The number of fused-ring (bicyclic) bond motifs is 1. The lowest BCUT2D eigenvalue weighted by molar-refractivity contribution is 0.254. The van der Waals surface area contributed by atoms with Crippen molar-refractivity contribution < 1.29 is 4.74 Å². The summed E-state index contributed by atoms with van der Waals surface area (Å²) >= 11 is 0. The second kappa shape index (κ2) is 5.23. The molecule has 0 aliphatic carbocycles. The lowest BCUT2D eigenvalue weighted by Gasteiger charge is -2.12.